The number of rotatable bonds is 5. The van der Waals surface area contributed by atoms with Crippen molar-refractivity contribution in [2.45, 2.75) is 38.8 Å². The fourth-order valence-electron chi connectivity index (χ4n) is 1.68. The van der Waals surface area contributed by atoms with Gasteiger partial charge in [0.2, 0.25) is 5.91 Å². The average Bonchev–Trinajstić information content (AvgIpc) is 2.28. The van der Waals surface area contributed by atoms with Crippen LogP contribution in [-0.2, 0) is 4.79 Å². The number of carbonyl (C=O) groups is 1. The Morgan fingerprint density at radius 3 is 2.61 bits per heavy atom. The molecule has 0 aliphatic carbocycles. The van der Waals surface area contributed by atoms with Crippen molar-refractivity contribution in [3.63, 3.8) is 0 Å². The molecule has 1 aromatic rings. The lowest BCUT2D eigenvalue weighted by Crippen LogP contribution is -2.40. The van der Waals surface area contributed by atoms with Crippen molar-refractivity contribution >= 4 is 5.91 Å². The van der Waals surface area contributed by atoms with Crippen molar-refractivity contribution in [3.8, 4) is 0 Å². The summed E-state index contributed by atoms with van der Waals surface area (Å²) in [5.41, 5.74) is 5.74. The van der Waals surface area contributed by atoms with Gasteiger partial charge in [-0.05, 0) is 19.4 Å². The van der Waals surface area contributed by atoms with Gasteiger partial charge >= 0.3 is 0 Å². The van der Waals surface area contributed by atoms with E-state index in [1.807, 2.05) is 6.92 Å². The molecule has 1 amide bonds. The monoisotopic (exact) mass is 256 g/mol. The molecule has 0 heterocycles. The van der Waals surface area contributed by atoms with E-state index in [2.05, 4.69) is 5.32 Å². The highest BCUT2D eigenvalue weighted by Crippen LogP contribution is 2.22. The van der Waals surface area contributed by atoms with Crippen molar-refractivity contribution in [2.24, 2.45) is 5.73 Å². The third-order valence-electron chi connectivity index (χ3n) is 2.65. The number of hydrogen-bond donors (Lipinski definition) is 2. The van der Waals surface area contributed by atoms with Crippen molar-refractivity contribution in [3.05, 3.63) is 35.4 Å². The molecule has 0 saturated heterocycles. The second-order valence-electron chi connectivity index (χ2n) is 4.30. The lowest BCUT2D eigenvalue weighted by Gasteiger charge is -2.20. The Morgan fingerprint density at radius 1 is 1.44 bits per heavy atom. The largest absolute Gasteiger partial charge is 0.348 e. The Morgan fingerprint density at radius 2 is 2.11 bits per heavy atom. The Kier molecular flexibility index (Phi) is 5.22. The predicted molar refractivity (Wildman–Crippen MR) is 65.8 cm³/mol. The van der Waals surface area contributed by atoms with E-state index in [4.69, 9.17) is 5.73 Å². The number of carbonyl (C=O) groups excluding carboxylic acids is 1. The Labute approximate surface area is 105 Å². The second-order valence-corrected chi connectivity index (χ2v) is 4.30. The number of nitrogens with one attached hydrogen (secondary N) is 1. The SMILES string of the molecule is CCCC(NC(=O)[C@H](C)N)c1ccc(F)cc1F. The van der Waals surface area contributed by atoms with Crippen molar-refractivity contribution in [2.75, 3.05) is 0 Å². The number of hydrogen-bond acceptors (Lipinski definition) is 2. The highest BCUT2D eigenvalue weighted by atomic mass is 19.1. The van der Waals surface area contributed by atoms with E-state index in [0.29, 0.717) is 6.42 Å². The molecular weight excluding hydrogens is 238 g/mol. The van der Waals surface area contributed by atoms with Crippen LogP contribution in [0.2, 0.25) is 0 Å². The Balaban J connectivity index is 2.93. The van der Waals surface area contributed by atoms with E-state index in [1.165, 1.54) is 12.1 Å². The molecule has 1 rings (SSSR count). The van der Waals surface area contributed by atoms with E-state index in [0.717, 1.165) is 12.5 Å². The van der Waals surface area contributed by atoms with Gasteiger partial charge in [-0.25, -0.2) is 8.78 Å². The molecular formula is C13H18F2N2O. The molecule has 0 aliphatic rings. The molecule has 3 nitrogen and oxygen atoms in total. The number of halogens is 2. The van der Waals surface area contributed by atoms with Gasteiger partial charge in [0, 0.05) is 11.6 Å². The van der Waals surface area contributed by atoms with Gasteiger partial charge in [0.05, 0.1) is 12.1 Å². The molecule has 0 fully saturated rings. The first-order valence-corrected chi connectivity index (χ1v) is 5.96. The maximum Gasteiger partial charge on any atom is 0.237 e. The first kappa shape index (κ1) is 14.6. The van der Waals surface area contributed by atoms with Crippen molar-refractivity contribution in [1.29, 1.82) is 0 Å². The molecule has 0 saturated carbocycles. The average molecular weight is 256 g/mol. The highest BCUT2D eigenvalue weighted by molar-refractivity contribution is 5.81. The number of benzene rings is 1. The second kappa shape index (κ2) is 6.44. The van der Waals surface area contributed by atoms with Gasteiger partial charge in [0.1, 0.15) is 11.6 Å². The minimum atomic E-state index is -0.659. The summed E-state index contributed by atoms with van der Waals surface area (Å²) in [5, 5.41) is 2.67. The molecule has 100 valence electrons. The van der Waals surface area contributed by atoms with Crippen LogP contribution in [0.1, 0.15) is 38.3 Å². The van der Waals surface area contributed by atoms with E-state index >= 15 is 0 Å². The van der Waals surface area contributed by atoms with Crippen LogP contribution >= 0.6 is 0 Å². The van der Waals surface area contributed by atoms with E-state index in [1.54, 1.807) is 6.92 Å². The third kappa shape index (κ3) is 3.77. The fraction of sp³-hybridized carbons (Fsp3) is 0.462. The zero-order valence-electron chi connectivity index (χ0n) is 10.5. The molecule has 1 aromatic carbocycles. The van der Waals surface area contributed by atoms with Crippen LogP contribution in [0, 0.1) is 11.6 Å². The van der Waals surface area contributed by atoms with Gasteiger partial charge in [-0.3, -0.25) is 4.79 Å². The van der Waals surface area contributed by atoms with Crippen molar-refractivity contribution in [1.82, 2.24) is 5.32 Å². The Bertz CT molecular complexity index is 421. The highest BCUT2D eigenvalue weighted by Gasteiger charge is 2.19. The van der Waals surface area contributed by atoms with Crippen LogP contribution in [0.25, 0.3) is 0 Å². The van der Waals surface area contributed by atoms with E-state index < -0.39 is 23.7 Å². The minimum Gasteiger partial charge on any atom is -0.348 e. The van der Waals surface area contributed by atoms with Crippen LogP contribution < -0.4 is 11.1 Å². The van der Waals surface area contributed by atoms with Gasteiger partial charge in [0.25, 0.3) is 0 Å². The zero-order chi connectivity index (χ0) is 13.7. The molecule has 3 N–H and O–H groups in total. The first-order chi connectivity index (χ1) is 8.45. The molecule has 1 unspecified atom stereocenters. The van der Waals surface area contributed by atoms with Crippen LogP contribution in [0.3, 0.4) is 0 Å². The standard InChI is InChI=1S/C13H18F2N2O/c1-3-4-12(17-13(18)8(2)16)10-6-5-9(14)7-11(10)15/h5-8,12H,3-4,16H2,1-2H3,(H,17,18)/t8-,12?/m0/s1. The molecule has 0 bridgehead atoms. The van der Waals surface area contributed by atoms with Crippen LogP contribution in [-0.4, -0.2) is 11.9 Å². The quantitative estimate of drug-likeness (QED) is 0.849. The first-order valence-electron chi connectivity index (χ1n) is 5.96. The fourth-order valence-corrected chi connectivity index (χ4v) is 1.68. The van der Waals surface area contributed by atoms with Gasteiger partial charge < -0.3 is 11.1 Å². The molecule has 0 aromatic heterocycles. The third-order valence-corrected chi connectivity index (χ3v) is 2.65. The van der Waals surface area contributed by atoms with E-state index in [9.17, 15) is 13.6 Å². The molecule has 0 spiro atoms. The summed E-state index contributed by atoms with van der Waals surface area (Å²) in [6.45, 7) is 3.48. The lowest BCUT2D eigenvalue weighted by atomic mass is 10.0. The maximum atomic E-state index is 13.7. The summed E-state index contributed by atoms with van der Waals surface area (Å²) in [6, 6.07) is 2.21. The summed E-state index contributed by atoms with van der Waals surface area (Å²) >= 11 is 0. The number of nitrogens with two attached hydrogens (primary N) is 1. The van der Waals surface area contributed by atoms with Gasteiger partial charge in [-0.2, -0.15) is 0 Å². The summed E-state index contributed by atoms with van der Waals surface area (Å²) in [4.78, 5) is 11.5. The molecule has 0 radical (unpaired) electrons. The van der Waals surface area contributed by atoms with Gasteiger partial charge in [-0.1, -0.05) is 19.4 Å². The Hall–Kier alpha value is -1.49. The minimum absolute atomic E-state index is 0.284. The summed E-state index contributed by atoms with van der Waals surface area (Å²) in [6.07, 6.45) is 1.34. The number of amides is 1. The molecule has 5 heteroatoms. The maximum absolute atomic E-state index is 13.7. The summed E-state index contributed by atoms with van der Waals surface area (Å²) in [5.74, 6) is -1.64. The van der Waals surface area contributed by atoms with Gasteiger partial charge in [0.15, 0.2) is 0 Å². The van der Waals surface area contributed by atoms with Crippen LogP contribution in [0.4, 0.5) is 8.78 Å². The molecule has 2 atom stereocenters. The van der Waals surface area contributed by atoms with Crippen molar-refractivity contribution < 1.29 is 13.6 Å². The predicted octanol–water partition coefficient (Wildman–Crippen LogP) is 2.27. The van der Waals surface area contributed by atoms with Crippen LogP contribution in [0.15, 0.2) is 18.2 Å². The summed E-state index contributed by atoms with van der Waals surface area (Å²) in [7, 11) is 0. The molecule has 0 aliphatic heterocycles. The normalized spacial score (nSPS) is 14.1. The van der Waals surface area contributed by atoms with Gasteiger partial charge in [-0.15, -0.1) is 0 Å². The summed E-state index contributed by atoms with van der Waals surface area (Å²) < 4.78 is 26.5. The zero-order valence-corrected chi connectivity index (χ0v) is 10.5. The van der Waals surface area contributed by atoms with E-state index in [-0.39, 0.29) is 11.5 Å². The molecule has 18 heavy (non-hydrogen) atoms. The lowest BCUT2D eigenvalue weighted by molar-refractivity contribution is -0.122. The smallest absolute Gasteiger partial charge is 0.237 e. The van der Waals surface area contributed by atoms with Crippen LogP contribution in [0.5, 0.6) is 0 Å². The topological polar surface area (TPSA) is 55.1 Å².